The summed E-state index contributed by atoms with van der Waals surface area (Å²) in [5.41, 5.74) is 3.87. The lowest BCUT2D eigenvalue weighted by Gasteiger charge is -2.19. The van der Waals surface area contributed by atoms with Crippen LogP contribution in [0.25, 0.3) is 0 Å². The van der Waals surface area contributed by atoms with Crippen LogP contribution in [0.1, 0.15) is 36.1 Å². The molecule has 0 fully saturated rings. The summed E-state index contributed by atoms with van der Waals surface area (Å²) in [4.78, 5) is 0. The van der Waals surface area contributed by atoms with Gasteiger partial charge in [-0.25, -0.2) is 0 Å². The maximum Gasteiger partial charge on any atom is 0.0610 e. The fraction of sp³-hybridized carbons (Fsp3) is 0.400. The Morgan fingerprint density at radius 1 is 1.33 bits per heavy atom. The number of nitrogens with zero attached hydrogens (tertiary/aromatic N) is 2. The molecule has 1 aromatic carbocycles. The molecule has 0 saturated carbocycles. The first-order chi connectivity index (χ1) is 8.72. The van der Waals surface area contributed by atoms with Crippen molar-refractivity contribution in [1.29, 1.82) is 0 Å². The van der Waals surface area contributed by atoms with Crippen LogP contribution in [0.5, 0.6) is 0 Å². The highest BCUT2D eigenvalue weighted by Crippen LogP contribution is 2.24. The quantitative estimate of drug-likeness (QED) is 0.875. The minimum atomic E-state index is 0.236. The zero-order valence-electron chi connectivity index (χ0n) is 11.4. The number of aromatic nitrogens is 2. The molecule has 0 saturated heterocycles. The summed E-state index contributed by atoms with van der Waals surface area (Å²) < 4.78 is 1.86. The molecular formula is C15H21N3. The average molecular weight is 243 g/mol. The summed E-state index contributed by atoms with van der Waals surface area (Å²) >= 11 is 0. The molecule has 18 heavy (non-hydrogen) atoms. The topological polar surface area (TPSA) is 29.9 Å². The maximum atomic E-state index is 4.28. The highest BCUT2D eigenvalue weighted by Gasteiger charge is 2.16. The summed E-state index contributed by atoms with van der Waals surface area (Å²) in [7, 11) is 1.96. The molecule has 3 heteroatoms. The smallest absolute Gasteiger partial charge is 0.0610 e. The summed E-state index contributed by atoms with van der Waals surface area (Å²) in [6.07, 6.45) is 5.15. The Kier molecular flexibility index (Phi) is 4.15. The van der Waals surface area contributed by atoms with E-state index in [4.69, 9.17) is 0 Å². The van der Waals surface area contributed by atoms with Crippen molar-refractivity contribution in [2.75, 3.05) is 6.54 Å². The third-order valence-corrected chi connectivity index (χ3v) is 3.16. The molecule has 0 radical (unpaired) electrons. The molecule has 1 atom stereocenters. The van der Waals surface area contributed by atoms with Gasteiger partial charge in [0.2, 0.25) is 0 Å². The molecule has 2 aromatic rings. The van der Waals surface area contributed by atoms with Crippen molar-refractivity contribution in [1.82, 2.24) is 15.1 Å². The van der Waals surface area contributed by atoms with Crippen molar-refractivity contribution in [3.8, 4) is 0 Å². The van der Waals surface area contributed by atoms with Crippen molar-refractivity contribution < 1.29 is 0 Å². The van der Waals surface area contributed by atoms with Crippen LogP contribution in [0.4, 0.5) is 0 Å². The standard InChI is InChI=1S/C15H21N3/c1-4-9-16-15(13-10-17-18(3)11-13)14-8-6-5-7-12(14)2/h5-8,10-11,15-16H,4,9H2,1-3H3. The first-order valence-corrected chi connectivity index (χ1v) is 6.49. The molecule has 0 bridgehead atoms. The minimum Gasteiger partial charge on any atom is -0.306 e. The van der Waals surface area contributed by atoms with Crippen molar-refractivity contribution in [2.45, 2.75) is 26.3 Å². The van der Waals surface area contributed by atoms with Crippen LogP contribution in [0.3, 0.4) is 0 Å². The molecular weight excluding hydrogens is 222 g/mol. The molecule has 96 valence electrons. The highest BCUT2D eigenvalue weighted by molar-refractivity contribution is 5.35. The monoisotopic (exact) mass is 243 g/mol. The number of hydrogen-bond acceptors (Lipinski definition) is 2. The van der Waals surface area contributed by atoms with E-state index >= 15 is 0 Å². The van der Waals surface area contributed by atoms with E-state index in [1.807, 2.05) is 17.9 Å². The Labute approximate surface area is 109 Å². The first kappa shape index (κ1) is 12.8. The van der Waals surface area contributed by atoms with E-state index in [0.29, 0.717) is 0 Å². The SMILES string of the molecule is CCCNC(c1cnn(C)c1)c1ccccc1C. The van der Waals surface area contributed by atoms with Gasteiger partial charge in [-0.15, -0.1) is 0 Å². The minimum absolute atomic E-state index is 0.236. The molecule has 1 N–H and O–H groups in total. The molecule has 0 aliphatic heterocycles. The average Bonchev–Trinajstić information content (AvgIpc) is 2.78. The number of hydrogen-bond donors (Lipinski definition) is 1. The van der Waals surface area contributed by atoms with E-state index in [9.17, 15) is 0 Å². The van der Waals surface area contributed by atoms with Crippen molar-refractivity contribution in [2.24, 2.45) is 7.05 Å². The number of aryl methyl sites for hydroxylation is 2. The number of rotatable bonds is 5. The van der Waals surface area contributed by atoms with Gasteiger partial charge in [-0.1, -0.05) is 31.2 Å². The molecule has 0 amide bonds. The van der Waals surface area contributed by atoms with E-state index in [-0.39, 0.29) is 6.04 Å². The van der Waals surface area contributed by atoms with E-state index < -0.39 is 0 Å². The van der Waals surface area contributed by atoms with Crippen LogP contribution in [0.2, 0.25) is 0 Å². The lowest BCUT2D eigenvalue weighted by Crippen LogP contribution is -2.23. The first-order valence-electron chi connectivity index (χ1n) is 6.49. The van der Waals surface area contributed by atoms with E-state index in [1.165, 1.54) is 16.7 Å². The highest BCUT2D eigenvalue weighted by atomic mass is 15.2. The Morgan fingerprint density at radius 2 is 2.11 bits per heavy atom. The Morgan fingerprint density at radius 3 is 2.72 bits per heavy atom. The van der Waals surface area contributed by atoms with Crippen LogP contribution >= 0.6 is 0 Å². The molecule has 1 unspecified atom stereocenters. The summed E-state index contributed by atoms with van der Waals surface area (Å²) in [6.45, 7) is 5.35. The van der Waals surface area contributed by atoms with Gasteiger partial charge in [-0.05, 0) is 31.0 Å². The lowest BCUT2D eigenvalue weighted by atomic mass is 9.97. The van der Waals surface area contributed by atoms with Crippen molar-refractivity contribution in [3.63, 3.8) is 0 Å². The van der Waals surface area contributed by atoms with Gasteiger partial charge in [0.25, 0.3) is 0 Å². The van der Waals surface area contributed by atoms with E-state index in [1.54, 1.807) is 0 Å². The van der Waals surface area contributed by atoms with Crippen LogP contribution in [-0.4, -0.2) is 16.3 Å². The second-order valence-electron chi connectivity index (χ2n) is 4.69. The van der Waals surface area contributed by atoms with Gasteiger partial charge in [0.05, 0.1) is 12.2 Å². The third kappa shape index (κ3) is 2.79. The van der Waals surface area contributed by atoms with Crippen LogP contribution in [0.15, 0.2) is 36.7 Å². The largest absolute Gasteiger partial charge is 0.306 e. The predicted octanol–water partition coefficient (Wildman–Crippen LogP) is 2.82. The van der Waals surface area contributed by atoms with Gasteiger partial charge in [0.1, 0.15) is 0 Å². The van der Waals surface area contributed by atoms with Gasteiger partial charge >= 0.3 is 0 Å². The zero-order chi connectivity index (χ0) is 13.0. The predicted molar refractivity (Wildman–Crippen MR) is 74.5 cm³/mol. The summed E-state index contributed by atoms with van der Waals surface area (Å²) in [5.74, 6) is 0. The van der Waals surface area contributed by atoms with Gasteiger partial charge in [0, 0.05) is 18.8 Å². The molecule has 0 aliphatic carbocycles. The fourth-order valence-corrected chi connectivity index (χ4v) is 2.20. The molecule has 3 nitrogen and oxygen atoms in total. The summed E-state index contributed by atoms with van der Waals surface area (Å²) in [5, 5.41) is 7.88. The van der Waals surface area contributed by atoms with E-state index in [2.05, 4.69) is 54.7 Å². The van der Waals surface area contributed by atoms with Gasteiger partial charge < -0.3 is 5.32 Å². The van der Waals surface area contributed by atoms with E-state index in [0.717, 1.165) is 13.0 Å². The molecule has 0 aliphatic rings. The number of benzene rings is 1. The summed E-state index contributed by atoms with van der Waals surface area (Å²) in [6, 6.07) is 8.76. The normalized spacial score (nSPS) is 12.6. The molecule has 1 heterocycles. The third-order valence-electron chi connectivity index (χ3n) is 3.16. The second kappa shape index (κ2) is 5.83. The number of nitrogens with one attached hydrogen (secondary N) is 1. The fourth-order valence-electron chi connectivity index (χ4n) is 2.20. The Bertz CT molecular complexity index is 502. The molecule has 0 spiro atoms. The molecule has 2 rings (SSSR count). The van der Waals surface area contributed by atoms with Crippen LogP contribution in [-0.2, 0) is 7.05 Å². The van der Waals surface area contributed by atoms with Gasteiger partial charge in [0.15, 0.2) is 0 Å². The Hall–Kier alpha value is -1.61. The van der Waals surface area contributed by atoms with Gasteiger partial charge in [-0.3, -0.25) is 4.68 Å². The second-order valence-corrected chi connectivity index (χ2v) is 4.69. The van der Waals surface area contributed by atoms with Crippen molar-refractivity contribution >= 4 is 0 Å². The van der Waals surface area contributed by atoms with Crippen LogP contribution in [0, 0.1) is 6.92 Å². The van der Waals surface area contributed by atoms with Crippen LogP contribution < -0.4 is 5.32 Å². The van der Waals surface area contributed by atoms with Gasteiger partial charge in [-0.2, -0.15) is 5.10 Å². The zero-order valence-corrected chi connectivity index (χ0v) is 11.4. The maximum absolute atomic E-state index is 4.28. The lowest BCUT2D eigenvalue weighted by molar-refractivity contribution is 0.595. The van der Waals surface area contributed by atoms with Crippen molar-refractivity contribution in [3.05, 3.63) is 53.3 Å². The Balaban J connectivity index is 2.33. The molecule has 1 aromatic heterocycles.